The molecule has 2 nitrogen and oxygen atoms in total. The van der Waals surface area contributed by atoms with E-state index in [-0.39, 0.29) is 12.0 Å². The SMILES string of the molecule is C=CCCC(=O)C1COC(C)C1. The van der Waals surface area contributed by atoms with E-state index in [9.17, 15) is 4.79 Å². The maximum atomic E-state index is 11.4. The molecule has 0 amide bonds. The topological polar surface area (TPSA) is 26.3 Å². The van der Waals surface area contributed by atoms with E-state index in [1.165, 1.54) is 0 Å². The van der Waals surface area contributed by atoms with Gasteiger partial charge in [-0.05, 0) is 19.8 Å². The van der Waals surface area contributed by atoms with E-state index in [1.54, 1.807) is 6.08 Å². The first-order chi connectivity index (χ1) is 5.74. The lowest BCUT2D eigenvalue weighted by Crippen LogP contribution is -2.13. The van der Waals surface area contributed by atoms with Crippen molar-refractivity contribution < 1.29 is 9.53 Å². The predicted molar refractivity (Wildman–Crippen MR) is 48.0 cm³/mol. The number of hydrogen-bond donors (Lipinski definition) is 0. The van der Waals surface area contributed by atoms with E-state index in [4.69, 9.17) is 4.74 Å². The Kier molecular flexibility index (Phi) is 3.48. The van der Waals surface area contributed by atoms with Gasteiger partial charge in [0.2, 0.25) is 0 Å². The zero-order valence-corrected chi connectivity index (χ0v) is 7.58. The highest BCUT2D eigenvalue weighted by Crippen LogP contribution is 2.21. The number of carbonyl (C=O) groups is 1. The molecule has 2 heteroatoms. The molecule has 2 unspecified atom stereocenters. The first-order valence-corrected chi connectivity index (χ1v) is 4.49. The Balaban J connectivity index is 2.28. The smallest absolute Gasteiger partial charge is 0.138 e. The van der Waals surface area contributed by atoms with E-state index >= 15 is 0 Å². The first-order valence-electron chi connectivity index (χ1n) is 4.49. The molecule has 12 heavy (non-hydrogen) atoms. The normalized spacial score (nSPS) is 28.8. The molecule has 68 valence electrons. The van der Waals surface area contributed by atoms with Crippen molar-refractivity contribution in [3.63, 3.8) is 0 Å². The van der Waals surface area contributed by atoms with Crippen LogP contribution in [0.2, 0.25) is 0 Å². The molecule has 0 aromatic rings. The van der Waals surface area contributed by atoms with Crippen LogP contribution in [0.1, 0.15) is 26.2 Å². The van der Waals surface area contributed by atoms with Gasteiger partial charge in [-0.1, -0.05) is 6.08 Å². The highest BCUT2D eigenvalue weighted by Gasteiger charge is 2.27. The summed E-state index contributed by atoms with van der Waals surface area (Å²) in [5, 5.41) is 0. The number of allylic oxidation sites excluding steroid dienone is 1. The molecule has 1 rings (SSSR count). The summed E-state index contributed by atoms with van der Waals surface area (Å²) in [7, 11) is 0. The van der Waals surface area contributed by atoms with Crippen LogP contribution in [0.15, 0.2) is 12.7 Å². The molecule has 0 radical (unpaired) electrons. The number of hydrogen-bond acceptors (Lipinski definition) is 2. The van der Waals surface area contributed by atoms with Gasteiger partial charge < -0.3 is 4.74 Å². The van der Waals surface area contributed by atoms with Gasteiger partial charge in [0.1, 0.15) is 5.78 Å². The first kappa shape index (κ1) is 9.46. The summed E-state index contributed by atoms with van der Waals surface area (Å²) in [5.74, 6) is 0.485. The van der Waals surface area contributed by atoms with Crippen LogP contribution >= 0.6 is 0 Å². The number of ketones is 1. The second kappa shape index (κ2) is 4.41. The molecule has 0 aliphatic carbocycles. The zero-order valence-electron chi connectivity index (χ0n) is 7.58. The fourth-order valence-electron chi connectivity index (χ4n) is 1.49. The van der Waals surface area contributed by atoms with Crippen molar-refractivity contribution in [2.45, 2.75) is 32.3 Å². The zero-order chi connectivity index (χ0) is 8.97. The molecule has 0 aromatic carbocycles. The van der Waals surface area contributed by atoms with Crippen molar-refractivity contribution >= 4 is 5.78 Å². The Morgan fingerprint density at radius 1 is 1.75 bits per heavy atom. The third-order valence-electron chi connectivity index (χ3n) is 2.25. The molecule has 0 spiro atoms. The Bertz CT molecular complexity index is 175. The van der Waals surface area contributed by atoms with Gasteiger partial charge in [-0.2, -0.15) is 0 Å². The molecular weight excluding hydrogens is 152 g/mol. The molecule has 0 bridgehead atoms. The van der Waals surface area contributed by atoms with E-state index in [2.05, 4.69) is 6.58 Å². The third-order valence-corrected chi connectivity index (χ3v) is 2.25. The van der Waals surface area contributed by atoms with E-state index in [1.807, 2.05) is 6.92 Å². The van der Waals surface area contributed by atoms with Gasteiger partial charge in [-0.3, -0.25) is 4.79 Å². The van der Waals surface area contributed by atoms with Crippen LogP contribution in [0.25, 0.3) is 0 Å². The number of carbonyl (C=O) groups excluding carboxylic acids is 1. The molecule has 1 aliphatic rings. The molecule has 0 N–H and O–H groups in total. The third kappa shape index (κ3) is 2.45. The van der Waals surface area contributed by atoms with Crippen LogP contribution in [0.5, 0.6) is 0 Å². The van der Waals surface area contributed by atoms with Gasteiger partial charge in [-0.25, -0.2) is 0 Å². The van der Waals surface area contributed by atoms with Crippen LogP contribution in [-0.2, 0) is 9.53 Å². The average molecular weight is 168 g/mol. The molecule has 2 atom stereocenters. The number of Topliss-reactive ketones (excluding diaryl/α,β-unsaturated/α-hetero) is 1. The summed E-state index contributed by atoms with van der Waals surface area (Å²) in [6.45, 7) is 6.23. The molecule has 1 heterocycles. The van der Waals surface area contributed by atoms with Crippen molar-refractivity contribution in [2.24, 2.45) is 5.92 Å². The van der Waals surface area contributed by atoms with Crippen LogP contribution in [-0.4, -0.2) is 18.5 Å². The Hall–Kier alpha value is -0.630. The second-order valence-corrected chi connectivity index (χ2v) is 3.37. The predicted octanol–water partition coefficient (Wildman–Crippen LogP) is 1.95. The Morgan fingerprint density at radius 2 is 2.50 bits per heavy atom. The van der Waals surface area contributed by atoms with Crippen molar-refractivity contribution in [1.29, 1.82) is 0 Å². The minimum absolute atomic E-state index is 0.153. The van der Waals surface area contributed by atoms with E-state index < -0.39 is 0 Å². The molecule has 0 saturated carbocycles. The number of rotatable bonds is 4. The lowest BCUT2D eigenvalue weighted by molar-refractivity contribution is -0.122. The standard InChI is InChI=1S/C10H16O2/c1-3-4-5-10(11)9-6-8(2)12-7-9/h3,8-9H,1,4-7H2,2H3. The molecule has 0 aromatic heterocycles. The Morgan fingerprint density at radius 3 is 3.00 bits per heavy atom. The summed E-state index contributed by atoms with van der Waals surface area (Å²) in [6, 6.07) is 0. The summed E-state index contributed by atoms with van der Waals surface area (Å²) < 4.78 is 5.32. The van der Waals surface area contributed by atoms with Gasteiger partial charge in [0, 0.05) is 12.3 Å². The fourth-order valence-corrected chi connectivity index (χ4v) is 1.49. The highest BCUT2D eigenvalue weighted by molar-refractivity contribution is 5.81. The van der Waals surface area contributed by atoms with Crippen molar-refractivity contribution in [3.05, 3.63) is 12.7 Å². The maximum Gasteiger partial charge on any atom is 0.138 e. The largest absolute Gasteiger partial charge is 0.378 e. The lowest BCUT2D eigenvalue weighted by atomic mass is 9.98. The van der Waals surface area contributed by atoms with Crippen LogP contribution in [0.4, 0.5) is 0 Å². The monoisotopic (exact) mass is 168 g/mol. The Labute approximate surface area is 73.6 Å². The van der Waals surface area contributed by atoms with Crippen LogP contribution in [0.3, 0.4) is 0 Å². The fraction of sp³-hybridized carbons (Fsp3) is 0.700. The number of ether oxygens (including phenoxy) is 1. The van der Waals surface area contributed by atoms with Gasteiger partial charge in [-0.15, -0.1) is 6.58 Å². The van der Waals surface area contributed by atoms with Gasteiger partial charge in [0.15, 0.2) is 0 Å². The summed E-state index contributed by atoms with van der Waals surface area (Å²) in [5.41, 5.74) is 0. The summed E-state index contributed by atoms with van der Waals surface area (Å²) in [6.07, 6.45) is 4.38. The molecule has 1 saturated heterocycles. The summed E-state index contributed by atoms with van der Waals surface area (Å²) >= 11 is 0. The second-order valence-electron chi connectivity index (χ2n) is 3.37. The minimum Gasteiger partial charge on any atom is -0.378 e. The van der Waals surface area contributed by atoms with Crippen molar-refractivity contribution in [1.82, 2.24) is 0 Å². The van der Waals surface area contributed by atoms with Gasteiger partial charge in [0.25, 0.3) is 0 Å². The van der Waals surface area contributed by atoms with E-state index in [0.717, 1.165) is 12.8 Å². The average Bonchev–Trinajstić information content (AvgIpc) is 2.47. The van der Waals surface area contributed by atoms with Gasteiger partial charge in [0.05, 0.1) is 12.7 Å². The quantitative estimate of drug-likeness (QED) is 0.600. The van der Waals surface area contributed by atoms with Crippen LogP contribution < -0.4 is 0 Å². The van der Waals surface area contributed by atoms with Crippen LogP contribution in [0, 0.1) is 5.92 Å². The maximum absolute atomic E-state index is 11.4. The lowest BCUT2D eigenvalue weighted by Gasteiger charge is -2.03. The van der Waals surface area contributed by atoms with Crippen molar-refractivity contribution in [2.75, 3.05) is 6.61 Å². The van der Waals surface area contributed by atoms with Crippen molar-refractivity contribution in [3.8, 4) is 0 Å². The van der Waals surface area contributed by atoms with Gasteiger partial charge >= 0.3 is 0 Å². The molecular formula is C10H16O2. The summed E-state index contributed by atoms with van der Waals surface area (Å²) in [4.78, 5) is 11.4. The molecule has 1 aliphatic heterocycles. The molecule has 1 fully saturated rings. The minimum atomic E-state index is 0.153. The van der Waals surface area contributed by atoms with E-state index in [0.29, 0.717) is 18.8 Å². The highest BCUT2D eigenvalue weighted by atomic mass is 16.5.